The molecule has 0 aliphatic rings. The number of carbonyl (C=O) groups is 1. The highest BCUT2D eigenvalue weighted by molar-refractivity contribution is 7.91. The van der Waals surface area contributed by atoms with Crippen molar-refractivity contribution in [2.45, 2.75) is 16.7 Å². The summed E-state index contributed by atoms with van der Waals surface area (Å²) in [6.07, 6.45) is 0. The SMILES string of the molecule is Cc1cc(Cl)cc(S(=O)(=O)c2ccc(Cl)c(C(N)=O)c2N)c1. The van der Waals surface area contributed by atoms with Crippen LogP contribution in [0, 0.1) is 6.92 Å². The fraction of sp³-hybridized carbons (Fsp3) is 0.0714. The van der Waals surface area contributed by atoms with Gasteiger partial charge in [-0.2, -0.15) is 0 Å². The first-order valence-corrected chi connectivity index (χ1v) is 8.28. The number of primary amides is 1. The molecule has 2 aromatic carbocycles. The number of carbonyl (C=O) groups excluding carboxylic acids is 1. The Morgan fingerprint density at radius 2 is 1.77 bits per heavy atom. The highest BCUT2D eigenvalue weighted by atomic mass is 35.5. The van der Waals surface area contributed by atoms with E-state index in [4.69, 9.17) is 34.7 Å². The molecule has 0 aliphatic heterocycles. The maximum absolute atomic E-state index is 12.7. The van der Waals surface area contributed by atoms with E-state index in [1.807, 2.05) is 0 Å². The molecule has 4 N–H and O–H groups in total. The van der Waals surface area contributed by atoms with Gasteiger partial charge in [0.1, 0.15) is 0 Å². The third-order valence-electron chi connectivity index (χ3n) is 3.02. The summed E-state index contributed by atoms with van der Waals surface area (Å²) >= 11 is 11.7. The van der Waals surface area contributed by atoms with Gasteiger partial charge in [-0.1, -0.05) is 23.2 Å². The average molecular weight is 359 g/mol. The molecule has 8 heteroatoms. The maximum atomic E-state index is 12.7. The van der Waals surface area contributed by atoms with Crippen LogP contribution in [0.15, 0.2) is 40.1 Å². The van der Waals surface area contributed by atoms with E-state index in [-0.39, 0.29) is 31.1 Å². The van der Waals surface area contributed by atoms with Gasteiger partial charge in [-0.15, -0.1) is 0 Å². The lowest BCUT2D eigenvalue weighted by atomic mass is 10.1. The van der Waals surface area contributed by atoms with Gasteiger partial charge in [0.2, 0.25) is 9.84 Å². The Balaban J connectivity index is 2.75. The molecule has 0 bridgehead atoms. The molecule has 22 heavy (non-hydrogen) atoms. The molecule has 5 nitrogen and oxygen atoms in total. The van der Waals surface area contributed by atoms with E-state index in [1.54, 1.807) is 13.0 Å². The van der Waals surface area contributed by atoms with Crippen LogP contribution in [0.4, 0.5) is 5.69 Å². The molecule has 2 aromatic rings. The molecule has 1 amide bonds. The van der Waals surface area contributed by atoms with Crippen molar-refractivity contribution >= 4 is 44.6 Å². The predicted molar refractivity (Wildman–Crippen MR) is 86.0 cm³/mol. The normalized spacial score (nSPS) is 11.4. The lowest BCUT2D eigenvalue weighted by molar-refractivity contribution is 0.100. The highest BCUT2D eigenvalue weighted by Gasteiger charge is 2.25. The molecule has 116 valence electrons. The standard InChI is InChI=1S/C14H12Cl2N2O3S/c1-7-4-8(15)6-9(5-7)22(20,21)11-3-2-10(16)12(13(11)17)14(18)19/h2-6H,17H2,1H3,(H2,18,19). The molecule has 0 aromatic heterocycles. The van der Waals surface area contributed by atoms with Crippen molar-refractivity contribution in [1.29, 1.82) is 0 Å². The van der Waals surface area contributed by atoms with E-state index in [0.29, 0.717) is 5.56 Å². The van der Waals surface area contributed by atoms with E-state index in [1.165, 1.54) is 24.3 Å². The molecular formula is C14H12Cl2N2O3S. The molecule has 0 spiro atoms. The number of rotatable bonds is 3. The number of hydrogen-bond donors (Lipinski definition) is 2. The van der Waals surface area contributed by atoms with Gasteiger partial charge in [0.05, 0.1) is 26.1 Å². The Bertz CT molecular complexity index is 860. The summed E-state index contributed by atoms with van der Waals surface area (Å²) in [5, 5.41) is 0.271. The van der Waals surface area contributed by atoms with Crippen LogP contribution in [0.25, 0.3) is 0 Å². The van der Waals surface area contributed by atoms with Crippen molar-refractivity contribution < 1.29 is 13.2 Å². The van der Waals surface area contributed by atoms with Gasteiger partial charge < -0.3 is 11.5 Å². The number of anilines is 1. The second kappa shape index (κ2) is 5.79. The molecule has 0 saturated heterocycles. The van der Waals surface area contributed by atoms with Gasteiger partial charge in [-0.3, -0.25) is 4.79 Å². The minimum atomic E-state index is -3.96. The topological polar surface area (TPSA) is 103 Å². The minimum absolute atomic E-state index is 0.00813. The van der Waals surface area contributed by atoms with Gasteiger partial charge in [-0.05, 0) is 42.8 Å². The van der Waals surface area contributed by atoms with Crippen LogP contribution in [0.2, 0.25) is 10.0 Å². The van der Waals surface area contributed by atoms with Gasteiger partial charge >= 0.3 is 0 Å². The molecule has 0 saturated carbocycles. The van der Waals surface area contributed by atoms with Crippen LogP contribution in [0.5, 0.6) is 0 Å². The van der Waals surface area contributed by atoms with Crippen molar-refractivity contribution in [3.63, 3.8) is 0 Å². The summed E-state index contributed by atoms with van der Waals surface area (Å²) in [6.45, 7) is 1.71. The molecule has 0 heterocycles. The van der Waals surface area contributed by atoms with Crippen LogP contribution >= 0.6 is 23.2 Å². The number of nitrogens with two attached hydrogens (primary N) is 2. The lowest BCUT2D eigenvalue weighted by Crippen LogP contribution is -2.17. The van der Waals surface area contributed by atoms with Crippen LogP contribution in [-0.2, 0) is 9.84 Å². The third-order valence-corrected chi connectivity index (χ3v) is 5.34. The van der Waals surface area contributed by atoms with E-state index in [2.05, 4.69) is 0 Å². The van der Waals surface area contributed by atoms with Crippen molar-refractivity contribution in [3.05, 3.63) is 51.5 Å². The molecule has 2 rings (SSSR count). The predicted octanol–water partition coefficient (Wildman–Crippen LogP) is 2.82. The number of hydrogen-bond acceptors (Lipinski definition) is 4. The molecule has 0 atom stereocenters. The maximum Gasteiger partial charge on any atom is 0.252 e. The van der Waals surface area contributed by atoms with E-state index >= 15 is 0 Å². The first-order valence-electron chi connectivity index (χ1n) is 6.04. The smallest absolute Gasteiger partial charge is 0.252 e. The third kappa shape index (κ3) is 2.90. The lowest BCUT2D eigenvalue weighted by Gasteiger charge is -2.12. The first kappa shape index (κ1) is 16.6. The van der Waals surface area contributed by atoms with Gasteiger partial charge in [0.25, 0.3) is 5.91 Å². The van der Waals surface area contributed by atoms with Crippen LogP contribution in [0.1, 0.15) is 15.9 Å². The summed E-state index contributed by atoms with van der Waals surface area (Å²) < 4.78 is 25.4. The van der Waals surface area contributed by atoms with Crippen LogP contribution in [-0.4, -0.2) is 14.3 Å². The van der Waals surface area contributed by atoms with Gasteiger partial charge in [0.15, 0.2) is 0 Å². The molecular weight excluding hydrogens is 347 g/mol. The van der Waals surface area contributed by atoms with Gasteiger partial charge in [-0.25, -0.2) is 8.42 Å². The fourth-order valence-electron chi connectivity index (χ4n) is 2.04. The average Bonchev–Trinajstić information content (AvgIpc) is 2.36. The van der Waals surface area contributed by atoms with Crippen molar-refractivity contribution in [3.8, 4) is 0 Å². The highest BCUT2D eigenvalue weighted by Crippen LogP contribution is 2.33. The fourth-order valence-corrected chi connectivity index (χ4v) is 4.17. The van der Waals surface area contributed by atoms with Crippen molar-refractivity contribution in [2.24, 2.45) is 5.73 Å². The number of sulfone groups is 1. The summed E-state index contributed by atoms with van der Waals surface area (Å²) in [5.74, 6) is -0.901. The second-order valence-corrected chi connectivity index (χ2v) is 7.43. The summed E-state index contributed by atoms with van der Waals surface area (Å²) in [4.78, 5) is 11.1. The zero-order valence-electron chi connectivity index (χ0n) is 11.4. The second-order valence-electron chi connectivity index (χ2n) is 4.67. The number of halogens is 2. The summed E-state index contributed by atoms with van der Waals surface area (Å²) in [7, 11) is -3.96. The minimum Gasteiger partial charge on any atom is -0.397 e. The van der Waals surface area contributed by atoms with Crippen molar-refractivity contribution in [2.75, 3.05) is 5.73 Å². The largest absolute Gasteiger partial charge is 0.397 e. The van der Waals surface area contributed by atoms with Gasteiger partial charge in [0, 0.05) is 5.02 Å². The van der Waals surface area contributed by atoms with E-state index in [0.717, 1.165) is 0 Å². The summed E-state index contributed by atoms with van der Waals surface area (Å²) in [6, 6.07) is 6.89. The van der Waals surface area contributed by atoms with Crippen molar-refractivity contribution in [1.82, 2.24) is 0 Å². The Morgan fingerprint density at radius 3 is 2.32 bits per heavy atom. The number of nitrogen functional groups attached to an aromatic ring is 1. The van der Waals surface area contributed by atoms with E-state index in [9.17, 15) is 13.2 Å². The zero-order valence-corrected chi connectivity index (χ0v) is 13.8. The first-order chi connectivity index (χ1) is 10.1. The molecule has 0 fully saturated rings. The zero-order chi connectivity index (χ0) is 16.7. The Kier molecular flexibility index (Phi) is 4.37. The number of amides is 1. The number of benzene rings is 2. The molecule has 0 radical (unpaired) electrons. The van der Waals surface area contributed by atoms with E-state index < -0.39 is 15.7 Å². The summed E-state index contributed by atoms with van der Waals surface area (Å²) in [5.41, 5.74) is 11.2. The van der Waals surface area contributed by atoms with Crippen LogP contribution in [0.3, 0.4) is 0 Å². The molecule has 0 unspecified atom stereocenters. The quantitative estimate of drug-likeness (QED) is 0.823. The monoisotopic (exact) mass is 358 g/mol. The Hall–Kier alpha value is -1.76. The Labute approximate surface area is 137 Å². The van der Waals surface area contributed by atoms with Crippen LogP contribution < -0.4 is 11.5 Å². The number of aryl methyl sites for hydroxylation is 1. The Morgan fingerprint density at radius 1 is 1.14 bits per heavy atom. The molecule has 0 aliphatic carbocycles.